The maximum Gasteiger partial charge on any atom is 0.434 e. The fraction of sp³-hybridized carbons (Fsp3) is 0.478. The quantitative estimate of drug-likeness (QED) is 0.676. The highest BCUT2D eigenvalue weighted by Gasteiger charge is 2.59. The van der Waals surface area contributed by atoms with Crippen LogP contribution in [0.5, 0.6) is 0 Å². The van der Waals surface area contributed by atoms with Crippen LogP contribution in [0.1, 0.15) is 65.1 Å². The number of amides is 2. The number of nitrogens with one attached hydrogen (secondary N) is 2. The molecule has 174 valence electrons. The molecule has 4 aliphatic carbocycles. The molecule has 2 unspecified atom stereocenters. The highest BCUT2D eigenvalue weighted by Crippen LogP contribution is 2.57. The molecule has 4 aliphatic rings. The normalized spacial score (nSPS) is 30.2. The second-order valence-corrected chi connectivity index (χ2v) is 9.73. The molecule has 0 radical (unpaired) electrons. The predicted octanol–water partition coefficient (Wildman–Crippen LogP) is 3.89. The second-order valence-electron chi connectivity index (χ2n) is 9.73. The number of aromatic nitrogens is 2. The number of rotatable bonds is 4. The standard InChI is InChI=1S/C23H22F4N4O2/c24-16-3-1-2-15(5-16)19(32)30-21-6-13-4-14(7-21)9-22(8-13,12-21)31-20(33)17-10-28-11-18(29-17)23(25,26)27/h1-3,5,10-11,13-14H,4,6-9,12H2,(H,30,32)(H,31,33). The summed E-state index contributed by atoms with van der Waals surface area (Å²) in [6.07, 6.45) is 1.25. The van der Waals surface area contributed by atoms with Crippen molar-refractivity contribution in [1.82, 2.24) is 20.6 Å². The first-order valence-corrected chi connectivity index (χ1v) is 10.8. The van der Waals surface area contributed by atoms with Gasteiger partial charge in [-0.05, 0) is 68.6 Å². The van der Waals surface area contributed by atoms with Crippen LogP contribution in [0, 0.1) is 17.7 Å². The lowest BCUT2D eigenvalue weighted by molar-refractivity contribution is -0.141. The number of alkyl halides is 3. The largest absolute Gasteiger partial charge is 0.434 e. The number of hydrogen-bond donors (Lipinski definition) is 2. The van der Waals surface area contributed by atoms with E-state index in [0.717, 1.165) is 25.5 Å². The van der Waals surface area contributed by atoms with E-state index in [1.807, 2.05) is 0 Å². The topological polar surface area (TPSA) is 84.0 Å². The average Bonchev–Trinajstić information content (AvgIpc) is 2.71. The lowest BCUT2D eigenvalue weighted by Gasteiger charge is -2.62. The highest BCUT2D eigenvalue weighted by atomic mass is 19.4. The second kappa shape index (κ2) is 7.50. The Morgan fingerprint density at radius 3 is 2.21 bits per heavy atom. The minimum atomic E-state index is -4.70. The maximum atomic E-state index is 13.6. The minimum Gasteiger partial charge on any atom is -0.346 e. The molecule has 0 aliphatic heterocycles. The SMILES string of the molecule is O=C(NC12CC3CC(C1)CC(NC(=O)c1cncc(C(F)(F)F)n1)(C3)C2)c1cccc(F)c1. The monoisotopic (exact) mass is 462 g/mol. The van der Waals surface area contributed by atoms with Gasteiger partial charge in [-0.25, -0.2) is 9.37 Å². The summed E-state index contributed by atoms with van der Waals surface area (Å²) < 4.78 is 52.5. The van der Waals surface area contributed by atoms with E-state index in [1.165, 1.54) is 18.2 Å². The summed E-state index contributed by atoms with van der Waals surface area (Å²) in [4.78, 5) is 32.7. The predicted molar refractivity (Wildman–Crippen MR) is 109 cm³/mol. The first-order chi connectivity index (χ1) is 15.5. The average molecular weight is 462 g/mol. The van der Waals surface area contributed by atoms with Gasteiger partial charge >= 0.3 is 6.18 Å². The Hall–Kier alpha value is -3.04. The Bertz CT molecular complexity index is 1110. The van der Waals surface area contributed by atoms with Crippen LogP contribution in [0.25, 0.3) is 0 Å². The van der Waals surface area contributed by atoms with Gasteiger partial charge in [-0.2, -0.15) is 13.2 Å². The molecule has 33 heavy (non-hydrogen) atoms. The van der Waals surface area contributed by atoms with Gasteiger partial charge in [0.25, 0.3) is 11.8 Å². The lowest BCUT2D eigenvalue weighted by atomic mass is 9.49. The van der Waals surface area contributed by atoms with E-state index in [9.17, 15) is 27.2 Å². The van der Waals surface area contributed by atoms with Crippen molar-refractivity contribution in [3.8, 4) is 0 Å². The van der Waals surface area contributed by atoms with E-state index in [-0.39, 0.29) is 23.3 Å². The molecule has 1 aromatic heterocycles. The van der Waals surface area contributed by atoms with Crippen LogP contribution in [-0.4, -0.2) is 32.9 Å². The summed E-state index contributed by atoms with van der Waals surface area (Å²) in [5.41, 5.74) is -2.59. The third-order valence-corrected chi connectivity index (χ3v) is 7.06. The van der Waals surface area contributed by atoms with Crippen molar-refractivity contribution in [1.29, 1.82) is 0 Å². The molecule has 6 nitrogen and oxygen atoms in total. The first-order valence-electron chi connectivity index (χ1n) is 10.8. The minimum absolute atomic E-state index is 0.225. The van der Waals surface area contributed by atoms with Crippen molar-refractivity contribution < 1.29 is 27.2 Å². The zero-order chi connectivity index (χ0) is 23.4. The van der Waals surface area contributed by atoms with E-state index in [1.54, 1.807) is 6.07 Å². The van der Waals surface area contributed by atoms with Gasteiger partial charge in [-0.3, -0.25) is 14.6 Å². The highest BCUT2D eigenvalue weighted by molar-refractivity contribution is 5.95. The van der Waals surface area contributed by atoms with Gasteiger partial charge in [0.2, 0.25) is 0 Å². The zero-order valence-electron chi connectivity index (χ0n) is 17.6. The molecule has 1 aromatic carbocycles. The molecule has 4 bridgehead atoms. The summed E-state index contributed by atoms with van der Waals surface area (Å²) in [5, 5.41) is 6.05. The van der Waals surface area contributed by atoms with Gasteiger partial charge in [0, 0.05) is 16.6 Å². The van der Waals surface area contributed by atoms with Crippen molar-refractivity contribution in [2.45, 2.75) is 55.8 Å². The number of carbonyl (C=O) groups excluding carboxylic acids is 2. The third kappa shape index (κ3) is 4.18. The summed E-state index contributed by atoms with van der Waals surface area (Å²) in [6.45, 7) is 0. The van der Waals surface area contributed by atoms with Gasteiger partial charge in [0.1, 0.15) is 11.5 Å². The number of halogens is 4. The molecule has 0 spiro atoms. The molecule has 2 atom stereocenters. The zero-order valence-corrected chi connectivity index (χ0v) is 17.6. The van der Waals surface area contributed by atoms with Crippen LogP contribution in [0.2, 0.25) is 0 Å². The number of hydrogen-bond acceptors (Lipinski definition) is 4. The van der Waals surface area contributed by atoms with Crippen LogP contribution in [0.15, 0.2) is 36.7 Å². The molecular weight excluding hydrogens is 440 g/mol. The fourth-order valence-electron chi connectivity index (χ4n) is 6.41. The molecule has 6 rings (SSSR count). The Balaban J connectivity index is 1.37. The van der Waals surface area contributed by atoms with Crippen molar-refractivity contribution in [2.24, 2.45) is 11.8 Å². The number of benzene rings is 1. The molecule has 2 amide bonds. The van der Waals surface area contributed by atoms with Crippen LogP contribution in [0.4, 0.5) is 17.6 Å². The summed E-state index contributed by atoms with van der Waals surface area (Å²) in [6, 6.07) is 5.47. The molecular formula is C23H22F4N4O2. The van der Waals surface area contributed by atoms with E-state index in [4.69, 9.17) is 0 Å². The van der Waals surface area contributed by atoms with Crippen molar-refractivity contribution in [3.05, 3.63) is 59.4 Å². The Kier molecular flexibility index (Phi) is 4.95. The molecule has 0 saturated heterocycles. The summed E-state index contributed by atoms with van der Waals surface area (Å²) >= 11 is 0. The van der Waals surface area contributed by atoms with Crippen LogP contribution >= 0.6 is 0 Å². The van der Waals surface area contributed by atoms with E-state index >= 15 is 0 Å². The van der Waals surface area contributed by atoms with Crippen molar-refractivity contribution >= 4 is 11.8 Å². The van der Waals surface area contributed by atoms with Crippen LogP contribution in [-0.2, 0) is 6.18 Å². The molecule has 1 heterocycles. The van der Waals surface area contributed by atoms with Crippen molar-refractivity contribution in [3.63, 3.8) is 0 Å². The molecule has 2 N–H and O–H groups in total. The smallest absolute Gasteiger partial charge is 0.346 e. The van der Waals surface area contributed by atoms with E-state index in [2.05, 4.69) is 20.6 Å². The van der Waals surface area contributed by atoms with Crippen LogP contribution < -0.4 is 10.6 Å². The number of nitrogens with zero attached hydrogens (tertiary/aromatic N) is 2. The first kappa shape index (κ1) is 21.8. The Morgan fingerprint density at radius 1 is 0.970 bits per heavy atom. The van der Waals surface area contributed by atoms with Gasteiger partial charge < -0.3 is 10.6 Å². The van der Waals surface area contributed by atoms with Gasteiger partial charge in [0.15, 0.2) is 5.69 Å². The lowest BCUT2D eigenvalue weighted by Crippen LogP contribution is -2.69. The Labute approximate surface area is 187 Å². The molecule has 10 heteroatoms. The summed E-state index contributed by atoms with van der Waals surface area (Å²) in [5.74, 6) is -1.04. The van der Waals surface area contributed by atoms with Gasteiger partial charge in [-0.15, -0.1) is 0 Å². The van der Waals surface area contributed by atoms with Gasteiger partial charge in [0.05, 0.1) is 12.4 Å². The maximum absolute atomic E-state index is 13.6. The molecule has 4 fully saturated rings. The number of carbonyl (C=O) groups is 2. The molecule has 4 saturated carbocycles. The molecule has 2 aromatic rings. The Morgan fingerprint density at radius 2 is 1.61 bits per heavy atom. The van der Waals surface area contributed by atoms with Crippen molar-refractivity contribution in [2.75, 3.05) is 0 Å². The fourth-order valence-corrected chi connectivity index (χ4v) is 6.41. The third-order valence-electron chi connectivity index (χ3n) is 7.06. The van der Waals surface area contributed by atoms with E-state index < -0.39 is 40.4 Å². The van der Waals surface area contributed by atoms with Crippen LogP contribution in [0.3, 0.4) is 0 Å². The van der Waals surface area contributed by atoms with Gasteiger partial charge in [-0.1, -0.05) is 6.07 Å². The van der Waals surface area contributed by atoms with E-state index in [0.29, 0.717) is 25.5 Å². The summed E-state index contributed by atoms with van der Waals surface area (Å²) in [7, 11) is 0.